The van der Waals surface area contributed by atoms with E-state index < -0.39 is 6.10 Å². The minimum atomic E-state index is -0.419. The van der Waals surface area contributed by atoms with Gasteiger partial charge < -0.3 is 9.67 Å². The molecule has 4 heteroatoms. The van der Waals surface area contributed by atoms with E-state index in [1.807, 2.05) is 34.6 Å². The summed E-state index contributed by atoms with van der Waals surface area (Å²) in [6.45, 7) is 2.57. The summed E-state index contributed by atoms with van der Waals surface area (Å²) in [5.74, 6) is 0. The molecule has 1 atom stereocenters. The number of nitrogens with zero attached hydrogens (tertiary/aromatic N) is 2. The standard InChI is InChI=1S/C10H12N2OS/c1-8(13)10-3-2-4-12(10)6-9-5-11-7-14-9/h2-5,7-8,13H,6H2,1H3. The zero-order valence-corrected chi connectivity index (χ0v) is 8.74. The minimum Gasteiger partial charge on any atom is -0.387 e. The molecule has 2 rings (SSSR count). The first-order valence-corrected chi connectivity index (χ1v) is 5.36. The van der Waals surface area contributed by atoms with Crippen molar-refractivity contribution in [3.8, 4) is 0 Å². The van der Waals surface area contributed by atoms with Crippen molar-refractivity contribution in [3.63, 3.8) is 0 Å². The molecule has 0 radical (unpaired) electrons. The lowest BCUT2D eigenvalue weighted by Crippen LogP contribution is -2.04. The third-order valence-corrected chi connectivity index (χ3v) is 2.87. The van der Waals surface area contributed by atoms with Crippen molar-refractivity contribution in [2.75, 3.05) is 0 Å². The molecule has 2 heterocycles. The van der Waals surface area contributed by atoms with E-state index in [1.54, 1.807) is 18.3 Å². The maximum atomic E-state index is 9.49. The van der Waals surface area contributed by atoms with Crippen LogP contribution >= 0.6 is 11.3 Å². The van der Waals surface area contributed by atoms with E-state index in [9.17, 15) is 5.11 Å². The third-order valence-electron chi connectivity index (χ3n) is 2.10. The van der Waals surface area contributed by atoms with Crippen molar-refractivity contribution < 1.29 is 5.11 Å². The lowest BCUT2D eigenvalue weighted by Gasteiger charge is -2.09. The molecule has 0 aliphatic heterocycles. The molecule has 74 valence electrons. The van der Waals surface area contributed by atoms with Gasteiger partial charge >= 0.3 is 0 Å². The number of aliphatic hydroxyl groups excluding tert-OH is 1. The van der Waals surface area contributed by atoms with Crippen LogP contribution in [-0.2, 0) is 6.54 Å². The Kier molecular flexibility index (Phi) is 2.65. The van der Waals surface area contributed by atoms with Gasteiger partial charge in [0, 0.05) is 23.0 Å². The van der Waals surface area contributed by atoms with Gasteiger partial charge in [-0.3, -0.25) is 4.98 Å². The highest BCUT2D eigenvalue weighted by Gasteiger charge is 2.07. The Balaban J connectivity index is 2.21. The Labute approximate surface area is 86.7 Å². The van der Waals surface area contributed by atoms with Crippen molar-refractivity contribution in [1.82, 2.24) is 9.55 Å². The highest BCUT2D eigenvalue weighted by Crippen LogP contribution is 2.16. The van der Waals surface area contributed by atoms with E-state index in [0.717, 1.165) is 12.2 Å². The quantitative estimate of drug-likeness (QED) is 0.838. The Hall–Kier alpha value is -1.13. The van der Waals surface area contributed by atoms with E-state index in [1.165, 1.54) is 4.88 Å². The zero-order chi connectivity index (χ0) is 9.97. The molecule has 1 unspecified atom stereocenters. The summed E-state index contributed by atoms with van der Waals surface area (Å²) in [5.41, 5.74) is 2.76. The SMILES string of the molecule is CC(O)c1cccn1Cc1cncs1. The van der Waals surface area contributed by atoms with Crippen LogP contribution in [0.1, 0.15) is 23.6 Å². The molecule has 2 aromatic rings. The van der Waals surface area contributed by atoms with Crippen LogP contribution in [0.25, 0.3) is 0 Å². The normalized spacial score (nSPS) is 13.0. The molecule has 0 saturated heterocycles. The maximum Gasteiger partial charge on any atom is 0.0911 e. The number of aliphatic hydroxyl groups is 1. The van der Waals surface area contributed by atoms with Crippen molar-refractivity contribution in [3.05, 3.63) is 40.6 Å². The summed E-state index contributed by atoms with van der Waals surface area (Å²) in [6, 6.07) is 3.88. The topological polar surface area (TPSA) is 38.0 Å². The molecule has 0 fully saturated rings. The van der Waals surface area contributed by atoms with Crippen LogP contribution in [0.3, 0.4) is 0 Å². The summed E-state index contributed by atoms with van der Waals surface area (Å²) >= 11 is 1.63. The molecule has 0 aromatic carbocycles. The second-order valence-corrected chi connectivity index (χ2v) is 4.18. The summed E-state index contributed by atoms with van der Waals surface area (Å²) in [7, 11) is 0. The van der Waals surface area contributed by atoms with E-state index in [-0.39, 0.29) is 0 Å². The van der Waals surface area contributed by atoms with Crippen molar-refractivity contribution in [2.24, 2.45) is 0 Å². The first-order chi connectivity index (χ1) is 6.77. The van der Waals surface area contributed by atoms with Crippen molar-refractivity contribution >= 4 is 11.3 Å². The molecule has 2 aromatic heterocycles. The fraction of sp³-hybridized carbons (Fsp3) is 0.300. The molecule has 0 bridgehead atoms. The molecular weight excluding hydrogens is 196 g/mol. The van der Waals surface area contributed by atoms with Gasteiger partial charge in [-0.2, -0.15) is 0 Å². The predicted molar refractivity (Wildman–Crippen MR) is 56.3 cm³/mol. The molecule has 0 saturated carbocycles. The second kappa shape index (κ2) is 3.94. The first kappa shape index (κ1) is 9.43. The first-order valence-electron chi connectivity index (χ1n) is 4.48. The smallest absolute Gasteiger partial charge is 0.0911 e. The van der Waals surface area contributed by atoms with Gasteiger partial charge in [0.2, 0.25) is 0 Å². The third kappa shape index (κ3) is 1.86. The Bertz CT molecular complexity index is 392. The lowest BCUT2D eigenvalue weighted by molar-refractivity contribution is 0.190. The summed E-state index contributed by atoms with van der Waals surface area (Å²) in [6.07, 6.45) is 3.41. The summed E-state index contributed by atoms with van der Waals surface area (Å²) in [4.78, 5) is 5.22. The van der Waals surface area contributed by atoms with Gasteiger partial charge in [0.15, 0.2) is 0 Å². The van der Waals surface area contributed by atoms with Crippen LogP contribution in [-0.4, -0.2) is 14.7 Å². The summed E-state index contributed by atoms with van der Waals surface area (Å²) in [5, 5.41) is 9.49. The predicted octanol–water partition coefficient (Wildman–Crippen LogP) is 2.05. The molecule has 0 spiro atoms. The highest BCUT2D eigenvalue weighted by molar-refractivity contribution is 7.09. The van der Waals surface area contributed by atoms with Gasteiger partial charge in [0.05, 0.1) is 18.2 Å². The van der Waals surface area contributed by atoms with Crippen LogP contribution in [0.15, 0.2) is 30.0 Å². The van der Waals surface area contributed by atoms with Crippen molar-refractivity contribution in [2.45, 2.75) is 19.6 Å². The Morgan fingerprint density at radius 3 is 3.14 bits per heavy atom. The Morgan fingerprint density at radius 1 is 1.64 bits per heavy atom. The molecule has 14 heavy (non-hydrogen) atoms. The second-order valence-electron chi connectivity index (χ2n) is 3.20. The average Bonchev–Trinajstić information content (AvgIpc) is 2.75. The monoisotopic (exact) mass is 208 g/mol. The van der Waals surface area contributed by atoms with Gasteiger partial charge in [-0.25, -0.2) is 0 Å². The molecule has 0 aliphatic rings. The average molecular weight is 208 g/mol. The van der Waals surface area contributed by atoms with Crippen LogP contribution < -0.4 is 0 Å². The molecule has 0 amide bonds. The van der Waals surface area contributed by atoms with Gasteiger partial charge in [-0.15, -0.1) is 11.3 Å². The molecular formula is C10H12N2OS. The zero-order valence-electron chi connectivity index (χ0n) is 7.92. The fourth-order valence-corrected chi connectivity index (χ4v) is 2.03. The van der Waals surface area contributed by atoms with E-state index in [0.29, 0.717) is 0 Å². The fourth-order valence-electron chi connectivity index (χ4n) is 1.44. The number of hydrogen-bond donors (Lipinski definition) is 1. The lowest BCUT2D eigenvalue weighted by atomic mass is 10.3. The number of rotatable bonds is 3. The minimum absolute atomic E-state index is 0.419. The van der Waals surface area contributed by atoms with Crippen LogP contribution in [0.2, 0.25) is 0 Å². The van der Waals surface area contributed by atoms with Crippen molar-refractivity contribution in [1.29, 1.82) is 0 Å². The van der Waals surface area contributed by atoms with Gasteiger partial charge in [-0.05, 0) is 19.1 Å². The molecule has 1 N–H and O–H groups in total. The number of thiazole rings is 1. The van der Waals surface area contributed by atoms with Gasteiger partial charge in [0.1, 0.15) is 0 Å². The van der Waals surface area contributed by atoms with Crippen LogP contribution in [0, 0.1) is 0 Å². The number of aromatic nitrogens is 2. The maximum absolute atomic E-state index is 9.49. The van der Waals surface area contributed by atoms with Crippen LogP contribution in [0.4, 0.5) is 0 Å². The van der Waals surface area contributed by atoms with E-state index in [4.69, 9.17) is 0 Å². The Morgan fingerprint density at radius 2 is 2.50 bits per heavy atom. The molecule has 3 nitrogen and oxygen atoms in total. The largest absolute Gasteiger partial charge is 0.387 e. The van der Waals surface area contributed by atoms with Crippen LogP contribution in [0.5, 0.6) is 0 Å². The van der Waals surface area contributed by atoms with E-state index in [2.05, 4.69) is 4.98 Å². The van der Waals surface area contributed by atoms with Gasteiger partial charge in [0.25, 0.3) is 0 Å². The van der Waals surface area contributed by atoms with E-state index >= 15 is 0 Å². The highest BCUT2D eigenvalue weighted by atomic mass is 32.1. The van der Waals surface area contributed by atoms with Gasteiger partial charge in [-0.1, -0.05) is 0 Å². The number of hydrogen-bond acceptors (Lipinski definition) is 3. The molecule has 0 aliphatic carbocycles. The summed E-state index contributed by atoms with van der Waals surface area (Å²) < 4.78 is 2.04.